The third-order valence-corrected chi connectivity index (χ3v) is 3.76. The van der Waals surface area contributed by atoms with Gasteiger partial charge in [0.25, 0.3) is 0 Å². The Hall–Kier alpha value is -2.94. The van der Waals surface area contributed by atoms with Gasteiger partial charge in [0.2, 0.25) is 0 Å². The fraction of sp³-hybridized carbons (Fsp3) is 0.0588. The molecule has 0 amide bonds. The van der Waals surface area contributed by atoms with E-state index >= 15 is 0 Å². The third kappa shape index (κ3) is 3.38. The molecule has 1 heterocycles. The smallest absolute Gasteiger partial charge is 0.336 e. The van der Waals surface area contributed by atoms with Gasteiger partial charge in [0.15, 0.2) is 28.4 Å². The lowest BCUT2D eigenvalue weighted by Crippen LogP contribution is -2.21. The summed E-state index contributed by atoms with van der Waals surface area (Å²) in [6.07, 6.45) is 0. The molecule has 0 aliphatic heterocycles. The van der Waals surface area contributed by atoms with Crippen molar-refractivity contribution in [2.24, 2.45) is 0 Å². The van der Waals surface area contributed by atoms with Gasteiger partial charge in [-0.15, -0.1) is 0 Å². The van der Waals surface area contributed by atoms with Gasteiger partial charge in [-0.05, 0) is 36.8 Å². The number of rotatable bonds is 2. The van der Waals surface area contributed by atoms with Crippen molar-refractivity contribution in [3.63, 3.8) is 0 Å². The lowest BCUT2D eigenvalue weighted by molar-refractivity contribution is 0.459. The van der Waals surface area contributed by atoms with Gasteiger partial charge in [-0.1, -0.05) is 0 Å². The second-order valence-electron chi connectivity index (χ2n) is 5.38. The average Bonchev–Trinajstić information content (AvgIpc) is 2.56. The molecule has 4 nitrogen and oxygen atoms in total. The van der Waals surface area contributed by atoms with Crippen LogP contribution >= 0.6 is 12.2 Å². The van der Waals surface area contributed by atoms with Crippen LogP contribution in [-0.4, -0.2) is 5.11 Å². The van der Waals surface area contributed by atoms with E-state index in [4.69, 9.17) is 16.6 Å². The average molecular weight is 382 g/mol. The first-order valence-corrected chi connectivity index (χ1v) is 7.62. The molecule has 134 valence electrons. The number of anilines is 2. The van der Waals surface area contributed by atoms with Crippen LogP contribution in [0.2, 0.25) is 0 Å². The summed E-state index contributed by atoms with van der Waals surface area (Å²) < 4.78 is 58.8. The normalized spacial score (nSPS) is 10.8. The van der Waals surface area contributed by atoms with Gasteiger partial charge in [0.1, 0.15) is 11.3 Å². The minimum Gasteiger partial charge on any atom is -0.423 e. The largest absolute Gasteiger partial charge is 0.423 e. The third-order valence-electron chi connectivity index (χ3n) is 3.56. The van der Waals surface area contributed by atoms with Gasteiger partial charge in [-0.3, -0.25) is 0 Å². The van der Waals surface area contributed by atoms with Crippen molar-refractivity contribution in [1.82, 2.24) is 0 Å². The van der Waals surface area contributed by atoms with Gasteiger partial charge in [-0.25, -0.2) is 22.4 Å². The number of hydrogen-bond acceptors (Lipinski definition) is 3. The van der Waals surface area contributed by atoms with Crippen LogP contribution in [0, 0.1) is 30.2 Å². The number of aryl methyl sites for hydroxylation is 1. The van der Waals surface area contributed by atoms with E-state index < -0.39 is 34.6 Å². The highest BCUT2D eigenvalue weighted by Crippen LogP contribution is 2.25. The monoisotopic (exact) mass is 382 g/mol. The Morgan fingerprint density at radius 2 is 1.65 bits per heavy atom. The minimum atomic E-state index is -1.60. The van der Waals surface area contributed by atoms with Crippen molar-refractivity contribution < 1.29 is 22.0 Å². The summed E-state index contributed by atoms with van der Waals surface area (Å²) in [6.45, 7) is 1.74. The molecule has 0 fully saturated rings. The molecule has 0 aliphatic carbocycles. The molecule has 3 rings (SSSR count). The van der Waals surface area contributed by atoms with Gasteiger partial charge >= 0.3 is 5.63 Å². The summed E-state index contributed by atoms with van der Waals surface area (Å²) >= 11 is 4.91. The zero-order chi connectivity index (χ0) is 19.0. The minimum absolute atomic E-state index is 0.0972. The predicted molar refractivity (Wildman–Crippen MR) is 93.3 cm³/mol. The van der Waals surface area contributed by atoms with Crippen LogP contribution in [0.1, 0.15) is 5.56 Å². The zero-order valence-corrected chi connectivity index (χ0v) is 13.9. The van der Waals surface area contributed by atoms with Crippen LogP contribution in [0.4, 0.5) is 28.9 Å². The Balaban J connectivity index is 1.87. The Morgan fingerprint density at radius 1 is 1.00 bits per heavy atom. The van der Waals surface area contributed by atoms with Crippen LogP contribution in [0.15, 0.2) is 39.5 Å². The molecular formula is C17H10F4N2O2S. The van der Waals surface area contributed by atoms with Crippen LogP contribution in [0.3, 0.4) is 0 Å². The van der Waals surface area contributed by atoms with Gasteiger partial charge < -0.3 is 15.1 Å². The molecule has 3 aromatic rings. The summed E-state index contributed by atoms with van der Waals surface area (Å²) in [5, 5.41) is 5.05. The van der Waals surface area contributed by atoms with Gasteiger partial charge in [0, 0.05) is 29.3 Å². The highest BCUT2D eigenvalue weighted by Gasteiger charge is 2.20. The number of benzene rings is 2. The van der Waals surface area contributed by atoms with Crippen molar-refractivity contribution in [3.8, 4) is 0 Å². The number of nitrogens with one attached hydrogen (secondary N) is 2. The molecule has 26 heavy (non-hydrogen) atoms. The van der Waals surface area contributed by atoms with Crippen LogP contribution in [0.5, 0.6) is 0 Å². The molecule has 0 unspecified atom stereocenters. The van der Waals surface area contributed by atoms with Crippen LogP contribution < -0.4 is 16.3 Å². The first-order valence-electron chi connectivity index (χ1n) is 7.22. The maximum Gasteiger partial charge on any atom is 0.336 e. The summed E-state index contributed by atoms with van der Waals surface area (Å²) in [4.78, 5) is 11.4. The summed E-state index contributed by atoms with van der Waals surface area (Å²) in [5.41, 5.74) is -0.267. The molecule has 2 aromatic carbocycles. The van der Waals surface area contributed by atoms with Crippen molar-refractivity contribution in [2.45, 2.75) is 6.92 Å². The summed E-state index contributed by atoms with van der Waals surface area (Å²) in [5.74, 6) is -6.32. The molecule has 1 aromatic heterocycles. The Labute approximate surface area is 149 Å². The molecule has 0 radical (unpaired) electrons. The maximum atomic E-state index is 13.7. The highest BCUT2D eigenvalue weighted by molar-refractivity contribution is 7.80. The van der Waals surface area contributed by atoms with E-state index in [-0.39, 0.29) is 16.8 Å². The molecule has 0 bridgehead atoms. The zero-order valence-electron chi connectivity index (χ0n) is 13.1. The van der Waals surface area contributed by atoms with Crippen molar-refractivity contribution in [2.75, 3.05) is 10.6 Å². The molecule has 0 atom stereocenters. The molecule has 0 spiro atoms. The van der Waals surface area contributed by atoms with Crippen molar-refractivity contribution in [1.29, 1.82) is 0 Å². The lowest BCUT2D eigenvalue weighted by atomic mass is 10.1. The fourth-order valence-electron chi connectivity index (χ4n) is 2.36. The summed E-state index contributed by atoms with van der Waals surface area (Å²) in [7, 11) is 0. The first kappa shape index (κ1) is 17.9. The van der Waals surface area contributed by atoms with Crippen molar-refractivity contribution >= 4 is 39.7 Å². The number of hydrogen-bond donors (Lipinski definition) is 2. The topological polar surface area (TPSA) is 54.3 Å². The van der Waals surface area contributed by atoms with Crippen LogP contribution in [0.25, 0.3) is 11.0 Å². The van der Waals surface area contributed by atoms with E-state index in [1.165, 1.54) is 12.1 Å². The van der Waals surface area contributed by atoms with Crippen molar-refractivity contribution in [3.05, 3.63) is 69.6 Å². The van der Waals surface area contributed by atoms with E-state index in [1.54, 1.807) is 19.1 Å². The lowest BCUT2D eigenvalue weighted by Gasteiger charge is -2.13. The second kappa shape index (κ2) is 6.75. The Bertz CT molecular complexity index is 1070. The molecule has 2 N–H and O–H groups in total. The molecule has 9 heteroatoms. The quantitative estimate of drug-likeness (QED) is 0.297. The van der Waals surface area contributed by atoms with E-state index in [1.807, 2.05) is 0 Å². The van der Waals surface area contributed by atoms with E-state index in [0.29, 0.717) is 16.6 Å². The Kier molecular flexibility index (Phi) is 4.64. The fourth-order valence-corrected chi connectivity index (χ4v) is 2.58. The molecular weight excluding hydrogens is 372 g/mol. The number of thiocarbonyl (C=S) groups is 1. The SMILES string of the molecule is Cc1cc(=O)oc2cc(NC(=S)Nc3c(F)c(F)cc(F)c3F)ccc12. The maximum absolute atomic E-state index is 13.7. The van der Waals surface area contributed by atoms with E-state index in [2.05, 4.69) is 10.6 Å². The highest BCUT2D eigenvalue weighted by atomic mass is 32.1. The predicted octanol–water partition coefficient (Wildman–Crippen LogP) is 4.47. The summed E-state index contributed by atoms with van der Waals surface area (Å²) in [6, 6.07) is 6.13. The van der Waals surface area contributed by atoms with Gasteiger partial charge in [-0.2, -0.15) is 0 Å². The number of fused-ring (bicyclic) bond motifs is 1. The second-order valence-corrected chi connectivity index (χ2v) is 5.79. The molecule has 0 saturated heterocycles. The van der Waals surface area contributed by atoms with Crippen LogP contribution in [-0.2, 0) is 0 Å². The van der Waals surface area contributed by atoms with E-state index in [9.17, 15) is 22.4 Å². The number of halogens is 4. The Morgan fingerprint density at radius 3 is 2.31 bits per heavy atom. The first-order chi connectivity index (χ1) is 12.3. The molecule has 0 aliphatic rings. The van der Waals surface area contributed by atoms with E-state index in [0.717, 1.165) is 0 Å². The van der Waals surface area contributed by atoms with Gasteiger partial charge in [0.05, 0.1) is 0 Å². The molecule has 0 saturated carbocycles. The standard InChI is InChI=1S/C17H10F4N2O2S/c1-7-4-13(24)25-12-5-8(2-3-9(7)12)22-17(26)23-16-14(20)10(18)6-11(19)15(16)21/h2-6H,1H3,(H2,22,23,26).